The molecule has 8 heteroatoms. The molecule has 2 rings (SSSR count). The number of allylic oxidation sites excluding steroid dienone is 2. The summed E-state index contributed by atoms with van der Waals surface area (Å²) >= 11 is 0. The molecule has 2 aromatic carbocycles. The average molecular weight is 397 g/mol. The van der Waals surface area contributed by atoms with Gasteiger partial charge in [-0.15, -0.1) is 0 Å². The number of nitro benzene ring substituents is 1. The van der Waals surface area contributed by atoms with E-state index in [1.807, 2.05) is 0 Å². The summed E-state index contributed by atoms with van der Waals surface area (Å²) in [6.45, 7) is -0.0260. The minimum absolute atomic E-state index is 0.0260. The summed E-state index contributed by atoms with van der Waals surface area (Å²) < 4.78 is 10.0. The van der Waals surface area contributed by atoms with Crippen molar-refractivity contribution in [3.8, 4) is 11.5 Å². The molecular weight excluding hydrogens is 378 g/mol. The monoisotopic (exact) mass is 397 g/mol. The lowest BCUT2D eigenvalue weighted by molar-refractivity contribution is -0.385. The Morgan fingerprint density at radius 1 is 1.07 bits per heavy atom. The molecule has 2 aromatic rings. The van der Waals surface area contributed by atoms with Gasteiger partial charge in [0.05, 0.1) is 16.9 Å². The number of benzene rings is 2. The molecule has 0 radical (unpaired) electrons. The van der Waals surface area contributed by atoms with Crippen molar-refractivity contribution in [3.63, 3.8) is 0 Å². The Morgan fingerprint density at radius 3 is 2.34 bits per heavy atom. The second-order valence-electron chi connectivity index (χ2n) is 5.90. The van der Waals surface area contributed by atoms with Gasteiger partial charge in [-0.1, -0.05) is 18.2 Å². The molecule has 0 bridgehead atoms. The molecule has 0 aliphatic heterocycles. The van der Waals surface area contributed by atoms with Crippen molar-refractivity contribution in [1.82, 2.24) is 0 Å². The summed E-state index contributed by atoms with van der Waals surface area (Å²) in [4.78, 5) is 34.5. The molecule has 29 heavy (non-hydrogen) atoms. The SMILES string of the molecule is COCOc1ccc([N+](=O)[O-])c(C=CC(=O)CC(=O)C=Cc2ccc(O)cc2)c1. The number of hydrogen-bond donors (Lipinski definition) is 1. The Labute approximate surface area is 166 Å². The number of nitrogens with zero attached hydrogens (tertiary/aromatic N) is 1. The molecule has 0 aliphatic carbocycles. The van der Waals surface area contributed by atoms with E-state index >= 15 is 0 Å². The third kappa shape index (κ3) is 7.04. The first kappa shape index (κ1) is 21.5. The minimum atomic E-state index is -0.574. The van der Waals surface area contributed by atoms with Gasteiger partial charge in [-0.05, 0) is 48.1 Å². The number of aromatic hydroxyl groups is 1. The van der Waals surface area contributed by atoms with Gasteiger partial charge in [-0.2, -0.15) is 0 Å². The fourth-order valence-electron chi connectivity index (χ4n) is 2.30. The number of nitro groups is 1. The largest absolute Gasteiger partial charge is 0.508 e. The number of methoxy groups -OCH3 is 1. The molecule has 0 amide bonds. The number of ether oxygens (including phenoxy) is 2. The number of phenolic OH excluding ortho intramolecular Hbond substituents is 1. The molecule has 0 saturated carbocycles. The lowest BCUT2D eigenvalue weighted by Crippen LogP contribution is -2.02. The van der Waals surface area contributed by atoms with Gasteiger partial charge >= 0.3 is 0 Å². The normalized spacial score (nSPS) is 11.1. The first-order valence-corrected chi connectivity index (χ1v) is 8.50. The molecule has 0 unspecified atom stereocenters. The number of phenols is 1. The number of hydrogen-bond acceptors (Lipinski definition) is 7. The molecule has 0 atom stereocenters. The predicted molar refractivity (Wildman–Crippen MR) is 106 cm³/mol. The lowest BCUT2D eigenvalue weighted by Gasteiger charge is -2.05. The number of ketones is 2. The van der Waals surface area contributed by atoms with E-state index in [9.17, 15) is 24.8 Å². The molecule has 0 heterocycles. The van der Waals surface area contributed by atoms with E-state index in [1.54, 1.807) is 12.1 Å². The Hall–Kier alpha value is -3.78. The van der Waals surface area contributed by atoms with E-state index < -0.39 is 16.5 Å². The molecule has 0 spiro atoms. The van der Waals surface area contributed by atoms with Gasteiger partial charge in [0.1, 0.15) is 11.5 Å². The molecular formula is C21H19NO7. The number of rotatable bonds is 10. The maximum atomic E-state index is 12.0. The van der Waals surface area contributed by atoms with Gasteiger partial charge < -0.3 is 14.6 Å². The Balaban J connectivity index is 2.04. The maximum absolute atomic E-state index is 12.0. The zero-order chi connectivity index (χ0) is 21.2. The van der Waals surface area contributed by atoms with E-state index in [0.29, 0.717) is 11.3 Å². The molecule has 0 saturated heterocycles. The van der Waals surface area contributed by atoms with Gasteiger partial charge in [0.25, 0.3) is 5.69 Å². The van der Waals surface area contributed by atoms with E-state index in [0.717, 1.165) is 6.08 Å². The van der Waals surface area contributed by atoms with Gasteiger partial charge in [0, 0.05) is 13.2 Å². The summed E-state index contributed by atoms with van der Waals surface area (Å²) in [6.07, 6.45) is 4.81. The van der Waals surface area contributed by atoms with Crippen molar-refractivity contribution in [2.75, 3.05) is 13.9 Å². The van der Waals surface area contributed by atoms with Crippen LogP contribution in [0.1, 0.15) is 17.5 Å². The van der Waals surface area contributed by atoms with Gasteiger partial charge in [0.2, 0.25) is 0 Å². The van der Waals surface area contributed by atoms with Crippen molar-refractivity contribution < 1.29 is 29.1 Å². The van der Waals surface area contributed by atoms with Gasteiger partial charge in [-0.3, -0.25) is 19.7 Å². The minimum Gasteiger partial charge on any atom is -0.508 e. The standard InChI is InChI=1S/C21H19NO7/c1-28-14-29-20-10-11-21(22(26)27)16(12-20)5-9-19(25)13-18(24)8-4-15-2-6-17(23)7-3-15/h2-12,23H,13-14H2,1H3. The van der Waals surface area contributed by atoms with E-state index in [1.165, 1.54) is 55.7 Å². The summed E-state index contributed by atoms with van der Waals surface area (Å²) in [5.41, 5.74) is 0.670. The molecule has 0 aliphatic rings. The Kier molecular flexibility index (Phi) is 7.81. The van der Waals surface area contributed by atoms with Crippen molar-refractivity contribution >= 4 is 29.4 Å². The van der Waals surface area contributed by atoms with Crippen LogP contribution in [-0.4, -0.2) is 35.5 Å². The van der Waals surface area contributed by atoms with Crippen molar-refractivity contribution in [2.24, 2.45) is 0 Å². The Bertz CT molecular complexity index is 946. The van der Waals surface area contributed by atoms with Crippen molar-refractivity contribution in [3.05, 3.63) is 75.9 Å². The summed E-state index contributed by atoms with van der Waals surface area (Å²) in [5.74, 6) is -0.459. The first-order valence-electron chi connectivity index (χ1n) is 8.50. The third-order valence-corrected chi connectivity index (χ3v) is 3.69. The Morgan fingerprint density at radius 2 is 1.72 bits per heavy atom. The number of carbonyl (C=O) groups is 2. The van der Waals surface area contributed by atoms with Crippen LogP contribution in [0.15, 0.2) is 54.6 Å². The topological polar surface area (TPSA) is 116 Å². The van der Waals surface area contributed by atoms with E-state index in [-0.39, 0.29) is 30.2 Å². The molecule has 0 aromatic heterocycles. The van der Waals surface area contributed by atoms with Crippen LogP contribution in [0.3, 0.4) is 0 Å². The van der Waals surface area contributed by atoms with Crippen LogP contribution in [-0.2, 0) is 14.3 Å². The van der Waals surface area contributed by atoms with E-state index in [2.05, 4.69) is 0 Å². The summed E-state index contributed by atoms with van der Waals surface area (Å²) in [6, 6.07) is 10.3. The highest BCUT2D eigenvalue weighted by Gasteiger charge is 2.13. The second-order valence-corrected chi connectivity index (χ2v) is 5.90. The highest BCUT2D eigenvalue weighted by atomic mass is 16.7. The van der Waals surface area contributed by atoms with Crippen LogP contribution in [0.4, 0.5) is 5.69 Å². The molecule has 1 N–H and O–H groups in total. The van der Waals surface area contributed by atoms with Gasteiger partial charge in [-0.25, -0.2) is 0 Å². The average Bonchev–Trinajstić information content (AvgIpc) is 2.70. The van der Waals surface area contributed by atoms with Gasteiger partial charge in [0.15, 0.2) is 18.4 Å². The molecule has 0 fully saturated rings. The van der Waals surface area contributed by atoms with Crippen LogP contribution < -0.4 is 4.74 Å². The summed E-state index contributed by atoms with van der Waals surface area (Å²) in [5, 5.41) is 20.4. The third-order valence-electron chi connectivity index (χ3n) is 3.69. The molecule has 150 valence electrons. The number of carbonyl (C=O) groups excluding carboxylic acids is 2. The van der Waals surface area contributed by atoms with Crippen LogP contribution in [0.2, 0.25) is 0 Å². The maximum Gasteiger partial charge on any atom is 0.276 e. The van der Waals surface area contributed by atoms with Crippen molar-refractivity contribution in [2.45, 2.75) is 6.42 Å². The fourth-order valence-corrected chi connectivity index (χ4v) is 2.30. The quantitative estimate of drug-likeness (QED) is 0.214. The van der Waals surface area contributed by atoms with Crippen LogP contribution in [0.25, 0.3) is 12.2 Å². The van der Waals surface area contributed by atoms with Crippen LogP contribution in [0.5, 0.6) is 11.5 Å². The highest BCUT2D eigenvalue weighted by molar-refractivity contribution is 6.11. The van der Waals surface area contributed by atoms with E-state index in [4.69, 9.17) is 9.47 Å². The van der Waals surface area contributed by atoms with Crippen molar-refractivity contribution in [1.29, 1.82) is 0 Å². The lowest BCUT2D eigenvalue weighted by atomic mass is 10.1. The van der Waals surface area contributed by atoms with Crippen LogP contribution >= 0.6 is 0 Å². The zero-order valence-corrected chi connectivity index (χ0v) is 15.6. The summed E-state index contributed by atoms with van der Waals surface area (Å²) in [7, 11) is 1.44. The smallest absolute Gasteiger partial charge is 0.276 e. The predicted octanol–water partition coefficient (Wildman–Crippen LogP) is 3.54. The fraction of sp³-hybridized carbons (Fsp3) is 0.143. The van der Waals surface area contributed by atoms with Crippen LogP contribution in [0, 0.1) is 10.1 Å². The first-order chi connectivity index (χ1) is 13.9. The molecule has 8 nitrogen and oxygen atoms in total. The zero-order valence-electron chi connectivity index (χ0n) is 15.6. The highest BCUT2D eigenvalue weighted by Crippen LogP contribution is 2.25. The second kappa shape index (κ2) is 10.5.